The number of nitrogens with two attached hydrogens (primary N) is 1. The van der Waals surface area contributed by atoms with Crippen molar-refractivity contribution in [2.75, 3.05) is 12.4 Å². The third kappa shape index (κ3) is 4.60. The molecule has 0 radical (unpaired) electrons. The zero-order valence-electron chi connectivity index (χ0n) is 11.5. The number of methoxy groups -OCH3 is 1. The number of amides is 1. The van der Waals surface area contributed by atoms with Crippen molar-refractivity contribution in [2.45, 2.75) is 19.5 Å². The fourth-order valence-electron chi connectivity index (χ4n) is 1.72. The lowest BCUT2D eigenvalue weighted by Crippen LogP contribution is -2.18. The van der Waals surface area contributed by atoms with Crippen molar-refractivity contribution in [1.29, 1.82) is 0 Å². The van der Waals surface area contributed by atoms with Crippen LogP contribution in [0, 0.1) is 0 Å². The number of ether oxygens (including phenoxy) is 1. The summed E-state index contributed by atoms with van der Waals surface area (Å²) in [4.78, 5) is 24.0. The molecule has 2 rings (SSSR count). The van der Waals surface area contributed by atoms with Crippen LogP contribution in [0.15, 0.2) is 24.5 Å². The molecule has 3 N–H and O–H groups in total. The summed E-state index contributed by atoms with van der Waals surface area (Å²) in [6, 6.07) is 3.87. The van der Waals surface area contributed by atoms with Crippen LogP contribution in [0.4, 0.5) is 5.69 Å². The van der Waals surface area contributed by atoms with Gasteiger partial charge in [-0.05, 0) is 12.1 Å². The maximum absolute atomic E-state index is 11.2. The Morgan fingerprint density at radius 1 is 1.43 bits per heavy atom. The SMILES string of the molecule is COC(=O)Cc1ccc(CNc2cnn(CC(N)=O)c2)s1. The lowest BCUT2D eigenvalue weighted by Gasteiger charge is -2.00. The van der Waals surface area contributed by atoms with Crippen LogP contribution in [0.2, 0.25) is 0 Å². The van der Waals surface area contributed by atoms with Gasteiger partial charge in [-0.3, -0.25) is 14.3 Å². The van der Waals surface area contributed by atoms with Gasteiger partial charge in [-0.2, -0.15) is 5.10 Å². The lowest BCUT2D eigenvalue weighted by molar-refractivity contribution is -0.139. The molecule has 1 amide bonds. The molecular weight excluding hydrogens is 292 g/mol. The van der Waals surface area contributed by atoms with Gasteiger partial charge in [-0.25, -0.2) is 0 Å². The summed E-state index contributed by atoms with van der Waals surface area (Å²) >= 11 is 1.55. The van der Waals surface area contributed by atoms with Gasteiger partial charge in [0.1, 0.15) is 6.54 Å². The van der Waals surface area contributed by atoms with Crippen LogP contribution in [0.3, 0.4) is 0 Å². The summed E-state index contributed by atoms with van der Waals surface area (Å²) in [6.45, 7) is 0.679. The fraction of sp³-hybridized carbons (Fsp3) is 0.308. The minimum Gasteiger partial charge on any atom is -0.469 e. The number of hydrogen-bond acceptors (Lipinski definition) is 6. The van der Waals surface area contributed by atoms with E-state index in [2.05, 4.69) is 15.2 Å². The van der Waals surface area contributed by atoms with Gasteiger partial charge < -0.3 is 15.8 Å². The smallest absolute Gasteiger partial charge is 0.310 e. The Morgan fingerprint density at radius 3 is 2.90 bits per heavy atom. The second-order valence-corrected chi connectivity index (χ2v) is 5.62. The molecule has 0 aromatic carbocycles. The number of carbonyl (C=O) groups excluding carboxylic acids is 2. The molecule has 0 saturated carbocycles. The van der Waals surface area contributed by atoms with E-state index in [1.165, 1.54) is 11.8 Å². The molecule has 0 aliphatic carbocycles. The summed E-state index contributed by atoms with van der Waals surface area (Å²) in [5.41, 5.74) is 5.90. The first kappa shape index (κ1) is 15.0. The predicted molar refractivity (Wildman–Crippen MR) is 78.8 cm³/mol. The van der Waals surface area contributed by atoms with Crippen molar-refractivity contribution in [3.05, 3.63) is 34.3 Å². The first-order chi connectivity index (χ1) is 10.1. The third-order valence-electron chi connectivity index (χ3n) is 2.68. The van der Waals surface area contributed by atoms with Crippen LogP contribution in [-0.2, 0) is 33.8 Å². The fourth-order valence-corrected chi connectivity index (χ4v) is 2.66. The Labute approximate surface area is 125 Å². The van der Waals surface area contributed by atoms with Crippen molar-refractivity contribution in [1.82, 2.24) is 9.78 Å². The zero-order valence-corrected chi connectivity index (χ0v) is 12.4. The second kappa shape index (κ2) is 6.89. The highest BCUT2D eigenvalue weighted by atomic mass is 32.1. The number of esters is 1. The van der Waals surface area contributed by atoms with Gasteiger partial charge in [0.15, 0.2) is 0 Å². The van der Waals surface area contributed by atoms with E-state index in [0.29, 0.717) is 6.54 Å². The highest BCUT2D eigenvalue weighted by Gasteiger charge is 2.07. The topological polar surface area (TPSA) is 99.2 Å². The Balaban J connectivity index is 1.86. The standard InChI is InChI=1S/C13H16N4O3S/c1-20-13(19)4-10-2-3-11(21-10)6-15-9-5-16-17(7-9)8-12(14)18/h2-3,5,7,15H,4,6,8H2,1H3,(H2,14,18). The highest BCUT2D eigenvalue weighted by Crippen LogP contribution is 2.19. The van der Waals surface area contributed by atoms with E-state index in [1.807, 2.05) is 12.1 Å². The largest absolute Gasteiger partial charge is 0.469 e. The Hall–Kier alpha value is -2.35. The minimum absolute atomic E-state index is 0.0595. The number of anilines is 1. The van der Waals surface area contributed by atoms with Gasteiger partial charge in [0.25, 0.3) is 0 Å². The molecule has 2 aromatic rings. The molecule has 0 fully saturated rings. The van der Waals surface area contributed by atoms with Gasteiger partial charge in [0.2, 0.25) is 5.91 Å². The average molecular weight is 308 g/mol. The molecular formula is C13H16N4O3S. The monoisotopic (exact) mass is 308 g/mol. The summed E-state index contributed by atoms with van der Waals surface area (Å²) in [5, 5.41) is 7.21. The Kier molecular flexibility index (Phi) is 4.94. The molecule has 0 atom stereocenters. The summed E-state index contributed by atoms with van der Waals surface area (Å²) in [5.74, 6) is -0.681. The molecule has 0 saturated heterocycles. The van der Waals surface area contributed by atoms with Crippen LogP contribution in [0.1, 0.15) is 9.75 Å². The van der Waals surface area contributed by atoms with E-state index in [0.717, 1.165) is 15.4 Å². The van der Waals surface area contributed by atoms with Crippen LogP contribution in [-0.4, -0.2) is 28.8 Å². The number of primary amides is 1. The number of hydrogen-bond donors (Lipinski definition) is 2. The van der Waals surface area contributed by atoms with Crippen LogP contribution < -0.4 is 11.1 Å². The zero-order chi connectivity index (χ0) is 15.2. The first-order valence-electron chi connectivity index (χ1n) is 6.26. The quantitative estimate of drug-likeness (QED) is 0.736. The number of rotatable bonds is 7. The predicted octanol–water partition coefficient (Wildman–Crippen LogP) is 0.758. The summed E-state index contributed by atoms with van der Waals surface area (Å²) < 4.78 is 6.10. The highest BCUT2D eigenvalue weighted by molar-refractivity contribution is 7.12. The Bertz CT molecular complexity index is 635. The number of nitrogens with zero attached hydrogens (tertiary/aromatic N) is 2. The minimum atomic E-state index is -0.435. The lowest BCUT2D eigenvalue weighted by atomic mass is 10.3. The normalized spacial score (nSPS) is 10.3. The van der Waals surface area contributed by atoms with Crippen molar-refractivity contribution in [3.63, 3.8) is 0 Å². The van der Waals surface area contributed by atoms with E-state index in [-0.39, 0.29) is 18.9 Å². The maximum Gasteiger partial charge on any atom is 0.310 e. The second-order valence-electron chi connectivity index (χ2n) is 4.37. The molecule has 8 heteroatoms. The molecule has 0 bridgehead atoms. The van der Waals surface area contributed by atoms with Crippen molar-refractivity contribution < 1.29 is 14.3 Å². The van der Waals surface area contributed by atoms with Gasteiger partial charge >= 0.3 is 5.97 Å². The van der Waals surface area contributed by atoms with Crippen molar-refractivity contribution >= 4 is 28.9 Å². The summed E-state index contributed by atoms with van der Waals surface area (Å²) in [6.07, 6.45) is 3.64. The van der Waals surface area contributed by atoms with Crippen molar-refractivity contribution in [2.24, 2.45) is 5.73 Å². The number of nitrogens with one attached hydrogen (secondary N) is 1. The first-order valence-corrected chi connectivity index (χ1v) is 7.07. The Morgan fingerprint density at radius 2 is 2.19 bits per heavy atom. The van der Waals surface area contributed by atoms with Gasteiger partial charge in [-0.15, -0.1) is 11.3 Å². The molecule has 2 heterocycles. The molecule has 0 aliphatic heterocycles. The molecule has 112 valence electrons. The van der Waals surface area contributed by atoms with E-state index < -0.39 is 5.91 Å². The average Bonchev–Trinajstić information content (AvgIpc) is 3.05. The van der Waals surface area contributed by atoms with Gasteiger partial charge in [0.05, 0.1) is 25.4 Å². The van der Waals surface area contributed by atoms with Gasteiger partial charge in [0, 0.05) is 22.5 Å². The molecule has 0 unspecified atom stereocenters. The van der Waals surface area contributed by atoms with E-state index in [4.69, 9.17) is 5.73 Å². The third-order valence-corrected chi connectivity index (χ3v) is 3.77. The number of thiophene rings is 1. The van der Waals surface area contributed by atoms with Gasteiger partial charge in [-0.1, -0.05) is 0 Å². The number of carbonyl (C=O) groups is 2. The molecule has 0 spiro atoms. The van der Waals surface area contributed by atoms with Crippen LogP contribution in [0.25, 0.3) is 0 Å². The molecule has 7 nitrogen and oxygen atoms in total. The molecule has 2 aromatic heterocycles. The maximum atomic E-state index is 11.2. The van der Waals surface area contributed by atoms with E-state index in [9.17, 15) is 9.59 Å². The van der Waals surface area contributed by atoms with Crippen LogP contribution >= 0.6 is 11.3 Å². The molecule has 21 heavy (non-hydrogen) atoms. The van der Waals surface area contributed by atoms with E-state index in [1.54, 1.807) is 23.7 Å². The number of aromatic nitrogens is 2. The summed E-state index contributed by atoms with van der Waals surface area (Å²) in [7, 11) is 1.38. The molecule has 0 aliphatic rings. The van der Waals surface area contributed by atoms with E-state index >= 15 is 0 Å². The van der Waals surface area contributed by atoms with Crippen molar-refractivity contribution in [3.8, 4) is 0 Å². The van der Waals surface area contributed by atoms with Crippen LogP contribution in [0.5, 0.6) is 0 Å².